The first-order valence-corrected chi connectivity index (χ1v) is 4.29. The Morgan fingerprint density at radius 3 is 2.15 bits per heavy atom. The fraction of sp³-hybridized carbons (Fsp3) is 0.556. The summed E-state index contributed by atoms with van der Waals surface area (Å²) < 4.78 is 0. The van der Waals surface area contributed by atoms with E-state index in [1.807, 2.05) is 26.0 Å². The Morgan fingerprint density at radius 1 is 1.31 bits per heavy atom. The van der Waals surface area contributed by atoms with Gasteiger partial charge in [0.25, 0.3) is 0 Å². The first kappa shape index (κ1) is 11.7. The number of hydrogen-bond acceptors (Lipinski definition) is 2. The molecule has 6 N–H and O–H groups in total. The molecule has 0 rings (SSSR count). The number of allylic oxidation sites excluding steroid dienone is 2. The number of amidine groups is 2. The van der Waals surface area contributed by atoms with Crippen LogP contribution in [0.3, 0.4) is 0 Å². The molecule has 0 aromatic rings. The van der Waals surface area contributed by atoms with E-state index in [0.717, 1.165) is 0 Å². The minimum atomic E-state index is -0.159. The van der Waals surface area contributed by atoms with Gasteiger partial charge in [-0.1, -0.05) is 19.1 Å². The van der Waals surface area contributed by atoms with E-state index in [-0.39, 0.29) is 23.5 Å². The van der Waals surface area contributed by atoms with E-state index in [1.165, 1.54) is 0 Å². The third kappa shape index (κ3) is 3.73. The summed E-state index contributed by atoms with van der Waals surface area (Å²) in [4.78, 5) is 0. The second kappa shape index (κ2) is 5.35. The summed E-state index contributed by atoms with van der Waals surface area (Å²) in [7, 11) is 0. The highest BCUT2D eigenvalue weighted by Crippen LogP contribution is 2.15. The van der Waals surface area contributed by atoms with Crippen molar-refractivity contribution < 1.29 is 0 Å². The number of nitrogens with one attached hydrogen (secondary N) is 2. The molecule has 2 unspecified atom stereocenters. The predicted molar refractivity (Wildman–Crippen MR) is 55.9 cm³/mol. The molecule has 0 heterocycles. The zero-order chi connectivity index (χ0) is 10.4. The van der Waals surface area contributed by atoms with Crippen molar-refractivity contribution in [3.8, 4) is 0 Å². The van der Waals surface area contributed by atoms with Gasteiger partial charge >= 0.3 is 0 Å². The van der Waals surface area contributed by atoms with Crippen LogP contribution in [-0.2, 0) is 0 Å². The van der Waals surface area contributed by atoms with Gasteiger partial charge in [0.2, 0.25) is 0 Å². The molecule has 4 nitrogen and oxygen atoms in total. The Morgan fingerprint density at radius 2 is 1.85 bits per heavy atom. The van der Waals surface area contributed by atoms with Crippen molar-refractivity contribution in [2.24, 2.45) is 23.3 Å². The molecule has 13 heavy (non-hydrogen) atoms. The number of nitrogens with two attached hydrogens (primary N) is 2. The minimum Gasteiger partial charge on any atom is -0.387 e. The summed E-state index contributed by atoms with van der Waals surface area (Å²) in [6.45, 7) is 3.73. The maximum atomic E-state index is 7.35. The third-order valence-electron chi connectivity index (χ3n) is 2.12. The van der Waals surface area contributed by atoms with Gasteiger partial charge in [-0.25, -0.2) is 0 Å². The van der Waals surface area contributed by atoms with Crippen LogP contribution in [0.5, 0.6) is 0 Å². The first-order valence-electron chi connectivity index (χ1n) is 4.29. The van der Waals surface area contributed by atoms with Crippen molar-refractivity contribution in [3.05, 3.63) is 12.2 Å². The highest BCUT2D eigenvalue weighted by Gasteiger charge is 2.20. The van der Waals surface area contributed by atoms with Crippen molar-refractivity contribution in [2.75, 3.05) is 0 Å². The van der Waals surface area contributed by atoms with Crippen LogP contribution >= 0.6 is 0 Å². The van der Waals surface area contributed by atoms with Gasteiger partial charge in [0.1, 0.15) is 0 Å². The topological polar surface area (TPSA) is 99.7 Å². The molecule has 0 saturated carbocycles. The lowest BCUT2D eigenvalue weighted by Crippen LogP contribution is -2.35. The number of hydrogen-bond donors (Lipinski definition) is 4. The zero-order valence-electron chi connectivity index (χ0n) is 8.17. The molecule has 0 aliphatic rings. The summed E-state index contributed by atoms with van der Waals surface area (Å²) in [5.74, 6) is -0.118. The van der Waals surface area contributed by atoms with Crippen LogP contribution in [0.4, 0.5) is 0 Å². The quantitative estimate of drug-likeness (QED) is 0.290. The molecule has 74 valence electrons. The normalized spacial score (nSPS) is 15.5. The van der Waals surface area contributed by atoms with E-state index in [9.17, 15) is 0 Å². The van der Waals surface area contributed by atoms with Gasteiger partial charge in [-0.15, -0.1) is 0 Å². The summed E-state index contributed by atoms with van der Waals surface area (Å²) >= 11 is 0. The molecular formula is C9H18N4. The molecule has 0 aromatic heterocycles. The molecule has 2 atom stereocenters. The Labute approximate surface area is 79.0 Å². The minimum absolute atomic E-state index is 0.0877. The van der Waals surface area contributed by atoms with Gasteiger partial charge in [-0.05, 0) is 13.3 Å². The Kier molecular flexibility index (Phi) is 4.80. The van der Waals surface area contributed by atoms with Crippen LogP contribution in [0, 0.1) is 22.7 Å². The molecule has 4 heteroatoms. The average Bonchev–Trinajstić information content (AvgIpc) is 2.04. The highest BCUT2D eigenvalue weighted by molar-refractivity contribution is 5.88. The second-order valence-corrected chi connectivity index (χ2v) is 3.11. The van der Waals surface area contributed by atoms with Crippen LogP contribution in [-0.4, -0.2) is 11.7 Å². The van der Waals surface area contributed by atoms with Gasteiger partial charge in [0.15, 0.2) is 0 Å². The first-order chi connectivity index (χ1) is 6.00. The fourth-order valence-corrected chi connectivity index (χ4v) is 1.10. The van der Waals surface area contributed by atoms with Crippen molar-refractivity contribution in [1.82, 2.24) is 0 Å². The van der Waals surface area contributed by atoms with Gasteiger partial charge in [0, 0.05) is 11.8 Å². The molecule has 0 amide bonds. The Bertz CT molecular complexity index is 220. The summed E-state index contributed by atoms with van der Waals surface area (Å²) in [6, 6.07) is 0. The summed E-state index contributed by atoms with van der Waals surface area (Å²) in [5, 5.41) is 14.6. The highest BCUT2D eigenvalue weighted by atomic mass is 14.8. The fourth-order valence-electron chi connectivity index (χ4n) is 1.10. The van der Waals surface area contributed by atoms with Gasteiger partial charge < -0.3 is 11.5 Å². The maximum absolute atomic E-state index is 7.35. The van der Waals surface area contributed by atoms with Crippen LogP contribution in [0.2, 0.25) is 0 Å². The summed E-state index contributed by atoms with van der Waals surface area (Å²) in [5.41, 5.74) is 10.8. The smallest absolute Gasteiger partial charge is 0.0947 e. The molecule has 0 radical (unpaired) electrons. The molecule has 0 bridgehead atoms. The second-order valence-electron chi connectivity index (χ2n) is 3.11. The molecule has 0 aromatic carbocycles. The molecule has 0 spiro atoms. The van der Waals surface area contributed by atoms with Gasteiger partial charge in [-0.3, -0.25) is 10.8 Å². The Hall–Kier alpha value is -1.32. The van der Waals surface area contributed by atoms with Crippen LogP contribution < -0.4 is 11.5 Å². The molecule has 0 fully saturated rings. The predicted octanol–water partition coefficient (Wildman–Crippen LogP) is 1.08. The van der Waals surface area contributed by atoms with Crippen molar-refractivity contribution in [2.45, 2.75) is 20.3 Å². The molecule has 0 aliphatic heterocycles. The van der Waals surface area contributed by atoms with E-state index in [4.69, 9.17) is 22.3 Å². The van der Waals surface area contributed by atoms with Crippen LogP contribution in [0.25, 0.3) is 0 Å². The number of rotatable bonds is 5. The summed E-state index contributed by atoms with van der Waals surface area (Å²) in [6.07, 6.45) is 4.51. The Balaban J connectivity index is 4.41. The lowest BCUT2D eigenvalue weighted by Gasteiger charge is -2.20. The third-order valence-corrected chi connectivity index (χ3v) is 2.12. The van der Waals surface area contributed by atoms with E-state index in [1.54, 1.807) is 0 Å². The zero-order valence-corrected chi connectivity index (χ0v) is 8.17. The average molecular weight is 182 g/mol. The lowest BCUT2D eigenvalue weighted by atomic mass is 9.89. The van der Waals surface area contributed by atoms with Gasteiger partial charge in [-0.2, -0.15) is 0 Å². The monoisotopic (exact) mass is 182 g/mol. The molecule has 0 aliphatic carbocycles. The van der Waals surface area contributed by atoms with E-state index >= 15 is 0 Å². The van der Waals surface area contributed by atoms with Crippen molar-refractivity contribution in [3.63, 3.8) is 0 Å². The molecular weight excluding hydrogens is 164 g/mol. The standard InChI is InChI=1S/C9H18N4/c1-3-4-5-7(9(12)13)6(2)8(10)11/h3-4,6-7H,5H2,1-2H3,(H3,10,11)(H3,12,13). The van der Waals surface area contributed by atoms with Gasteiger partial charge in [0.05, 0.1) is 11.7 Å². The van der Waals surface area contributed by atoms with Crippen LogP contribution in [0.1, 0.15) is 20.3 Å². The van der Waals surface area contributed by atoms with E-state index in [2.05, 4.69) is 0 Å². The van der Waals surface area contributed by atoms with E-state index < -0.39 is 0 Å². The lowest BCUT2D eigenvalue weighted by molar-refractivity contribution is 0.566. The van der Waals surface area contributed by atoms with Crippen molar-refractivity contribution >= 4 is 11.7 Å². The largest absolute Gasteiger partial charge is 0.387 e. The maximum Gasteiger partial charge on any atom is 0.0947 e. The van der Waals surface area contributed by atoms with Crippen molar-refractivity contribution in [1.29, 1.82) is 10.8 Å². The van der Waals surface area contributed by atoms with E-state index in [0.29, 0.717) is 6.42 Å². The molecule has 0 saturated heterocycles. The SMILES string of the molecule is CC=CCC(C(=N)N)C(C)C(=N)N. The van der Waals surface area contributed by atoms with Crippen LogP contribution in [0.15, 0.2) is 12.2 Å².